The van der Waals surface area contributed by atoms with Gasteiger partial charge in [0.25, 0.3) is 0 Å². The molecule has 4 nitrogen and oxygen atoms in total. The lowest BCUT2D eigenvalue weighted by Gasteiger charge is -2.27. The summed E-state index contributed by atoms with van der Waals surface area (Å²) in [5, 5.41) is 3.48. The zero-order chi connectivity index (χ0) is 12.4. The highest BCUT2D eigenvalue weighted by atomic mass is 32.2. The molecular weight excluding hydrogens is 246 g/mol. The van der Waals surface area contributed by atoms with Gasteiger partial charge in [-0.2, -0.15) is 0 Å². The van der Waals surface area contributed by atoms with Crippen molar-refractivity contribution in [1.29, 1.82) is 0 Å². The van der Waals surface area contributed by atoms with Crippen molar-refractivity contribution in [3.8, 4) is 0 Å². The lowest BCUT2D eigenvalue weighted by molar-refractivity contribution is 0.672. The minimum Gasteiger partial charge on any atom is -0.355 e. The van der Waals surface area contributed by atoms with Gasteiger partial charge < -0.3 is 10.2 Å². The molecule has 3 rings (SSSR count). The monoisotopic (exact) mass is 265 g/mol. The Bertz CT molecular complexity index is 420. The number of anilines is 1. The van der Waals surface area contributed by atoms with Crippen LogP contribution >= 0.6 is 0 Å². The molecule has 2 heterocycles. The average Bonchev–Trinajstić information content (AvgIpc) is 3.22. The van der Waals surface area contributed by atoms with E-state index in [0.29, 0.717) is 0 Å². The van der Waals surface area contributed by atoms with Gasteiger partial charge in [-0.3, -0.25) is 4.21 Å². The Kier molecular flexibility index (Phi) is 3.61. The molecule has 0 aromatic carbocycles. The summed E-state index contributed by atoms with van der Waals surface area (Å²) in [6.45, 7) is 2.64. The Morgan fingerprint density at radius 2 is 2.11 bits per heavy atom. The molecular formula is C13H19N3OS. The van der Waals surface area contributed by atoms with Gasteiger partial charge in [0.1, 0.15) is 5.82 Å². The van der Waals surface area contributed by atoms with E-state index in [1.54, 1.807) is 0 Å². The van der Waals surface area contributed by atoms with E-state index in [1.165, 1.54) is 18.4 Å². The normalized spacial score (nSPS) is 21.2. The molecule has 18 heavy (non-hydrogen) atoms. The third kappa shape index (κ3) is 3.09. The van der Waals surface area contributed by atoms with E-state index in [9.17, 15) is 4.21 Å². The molecule has 98 valence electrons. The maximum Gasteiger partial charge on any atom is 0.128 e. The number of pyridine rings is 1. The van der Waals surface area contributed by atoms with Crippen LogP contribution in [0.3, 0.4) is 0 Å². The second kappa shape index (κ2) is 5.36. The van der Waals surface area contributed by atoms with Gasteiger partial charge >= 0.3 is 0 Å². The summed E-state index contributed by atoms with van der Waals surface area (Å²) in [5.41, 5.74) is 1.24. The first-order valence-electron chi connectivity index (χ1n) is 6.59. The summed E-state index contributed by atoms with van der Waals surface area (Å²) in [7, 11) is -0.620. The maximum absolute atomic E-state index is 11.3. The van der Waals surface area contributed by atoms with Gasteiger partial charge in [-0.15, -0.1) is 0 Å². The molecule has 0 unspecified atom stereocenters. The second-order valence-corrected chi connectivity index (χ2v) is 6.71. The molecule has 0 amide bonds. The largest absolute Gasteiger partial charge is 0.355 e. The quantitative estimate of drug-likeness (QED) is 0.878. The zero-order valence-corrected chi connectivity index (χ0v) is 11.3. The molecule has 1 saturated carbocycles. The summed E-state index contributed by atoms with van der Waals surface area (Å²) in [6.07, 6.45) is 4.59. The SMILES string of the molecule is O=S1CCN(c2ccc(CNC3CC3)cn2)CC1. The van der Waals surface area contributed by atoms with Crippen LogP contribution in [0.5, 0.6) is 0 Å². The first-order chi connectivity index (χ1) is 8.81. The summed E-state index contributed by atoms with van der Waals surface area (Å²) < 4.78 is 11.3. The number of hydrogen-bond acceptors (Lipinski definition) is 4. The highest BCUT2D eigenvalue weighted by Crippen LogP contribution is 2.19. The van der Waals surface area contributed by atoms with E-state index < -0.39 is 10.8 Å². The molecule has 2 aliphatic rings. The van der Waals surface area contributed by atoms with Crippen LogP contribution in [0.25, 0.3) is 0 Å². The number of hydrogen-bond donors (Lipinski definition) is 1. The Balaban J connectivity index is 1.57. The van der Waals surface area contributed by atoms with Crippen molar-refractivity contribution in [2.24, 2.45) is 0 Å². The van der Waals surface area contributed by atoms with Gasteiger partial charge in [-0.1, -0.05) is 6.07 Å². The number of aromatic nitrogens is 1. The van der Waals surface area contributed by atoms with Crippen molar-refractivity contribution in [1.82, 2.24) is 10.3 Å². The van der Waals surface area contributed by atoms with Gasteiger partial charge in [-0.05, 0) is 24.5 Å². The molecule has 1 aliphatic carbocycles. The van der Waals surface area contributed by atoms with Crippen molar-refractivity contribution in [2.45, 2.75) is 25.4 Å². The maximum atomic E-state index is 11.3. The van der Waals surface area contributed by atoms with E-state index in [0.717, 1.165) is 43.0 Å². The van der Waals surface area contributed by atoms with Crippen LogP contribution in [0.2, 0.25) is 0 Å². The topological polar surface area (TPSA) is 45.2 Å². The van der Waals surface area contributed by atoms with Gasteiger partial charge in [0.05, 0.1) is 0 Å². The fraction of sp³-hybridized carbons (Fsp3) is 0.615. The van der Waals surface area contributed by atoms with Crippen LogP contribution in [0.15, 0.2) is 18.3 Å². The minimum atomic E-state index is -0.620. The van der Waals surface area contributed by atoms with E-state index >= 15 is 0 Å². The first-order valence-corrected chi connectivity index (χ1v) is 8.08. The summed E-state index contributed by atoms with van der Waals surface area (Å²) >= 11 is 0. The zero-order valence-electron chi connectivity index (χ0n) is 10.5. The Hall–Kier alpha value is -0.940. The molecule has 5 heteroatoms. The van der Waals surface area contributed by atoms with Gasteiger partial charge in [0, 0.05) is 54.2 Å². The Morgan fingerprint density at radius 3 is 2.72 bits per heavy atom. The minimum absolute atomic E-state index is 0.620. The first kappa shape index (κ1) is 12.1. The lowest BCUT2D eigenvalue weighted by atomic mass is 10.2. The van der Waals surface area contributed by atoms with E-state index in [-0.39, 0.29) is 0 Å². The van der Waals surface area contributed by atoms with Crippen molar-refractivity contribution in [3.05, 3.63) is 23.9 Å². The van der Waals surface area contributed by atoms with Crippen LogP contribution in [0, 0.1) is 0 Å². The fourth-order valence-electron chi connectivity index (χ4n) is 2.12. The molecule has 0 radical (unpaired) electrons. The van der Waals surface area contributed by atoms with E-state index in [4.69, 9.17) is 0 Å². The van der Waals surface area contributed by atoms with Crippen LogP contribution in [0.4, 0.5) is 5.82 Å². The number of nitrogens with zero attached hydrogens (tertiary/aromatic N) is 2. The lowest BCUT2D eigenvalue weighted by Crippen LogP contribution is -2.38. The Morgan fingerprint density at radius 1 is 1.33 bits per heavy atom. The summed E-state index contributed by atoms with van der Waals surface area (Å²) in [6, 6.07) is 4.96. The molecule has 2 fully saturated rings. The summed E-state index contributed by atoms with van der Waals surface area (Å²) in [4.78, 5) is 6.73. The molecule has 1 saturated heterocycles. The van der Waals surface area contributed by atoms with Crippen LogP contribution in [-0.4, -0.2) is 39.8 Å². The molecule has 0 bridgehead atoms. The molecule has 1 aromatic heterocycles. The molecule has 1 aliphatic heterocycles. The van der Waals surface area contributed by atoms with Crippen molar-refractivity contribution < 1.29 is 4.21 Å². The predicted molar refractivity (Wildman–Crippen MR) is 74.2 cm³/mol. The van der Waals surface area contributed by atoms with Gasteiger partial charge in [0.15, 0.2) is 0 Å². The van der Waals surface area contributed by atoms with Crippen molar-refractivity contribution in [3.63, 3.8) is 0 Å². The van der Waals surface area contributed by atoms with Crippen LogP contribution in [0.1, 0.15) is 18.4 Å². The highest BCUT2D eigenvalue weighted by Gasteiger charge is 2.20. The van der Waals surface area contributed by atoms with E-state index in [2.05, 4.69) is 27.3 Å². The van der Waals surface area contributed by atoms with Crippen LogP contribution in [-0.2, 0) is 17.3 Å². The molecule has 0 atom stereocenters. The molecule has 0 spiro atoms. The predicted octanol–water partition coefficient (Wildman–Crippen LogP) is 0.902. The third-order valence-corrected chi connectivity index (χ3v) is 4.76. The summed E-state index contributed by atoms with van der Waals surface area (Å²) in [5.74, 6) is 2.56. The number of nitrogens with one attached hydrogen (secondary N) is 1. The van der Waals surface area contributed by atoms with Gasteiger partial charge in [-0.25, -0.2) is 4.98 Å². The third-order valence-electron chi connectivity index (χ3n) is 3.48. The van der Waals surface area contributed by atoms with Crippen molar-refractivity contribution in [2.75, 3.05) is 29.5 Å². The van der Waals surface area contributed by atoms with Crippen molar-refractivity contribution >= 4 is 16.6 Å². The smallest absolute Gasteiger partial charge is 0.128 e. The van der Waals surface area contributed by atoms with Gasteiger partial charge in [0.2, 0.25) is 0 Å². The average molecular weight is 265 g/mol. The second-order valence-electron chi connectivity index (χ2n) is 5.01. The number of rotatable bonds is 4. The van der Waals surface area contributed by atoms with Crippen LogP contribution < -0.4 is 10.2 Å². The fourth-order valence-corrected chi connectivity index (χ4v) is 3.18. The van der Waals surface area contributed by atoms with E-state index in [1.807, 2.05) is 6.20 Å². The Labute approximate surface area is 110 Å². The molecule has 1 aromatic rings. The standard InChI is InChI=1S/C13H19N3OS/c17-18-7-5-16(6-8-18)13-4-1-11(10-15-13)9-14-12-2-3-12/h1,4,10,12,14H,2-3,5-9H2. The molecule has 1 N–H and O–H groups in total. The highest BCUT2D eigenvalue weighted by molar-refractivity contribution is 7.85.